The fourth-order valence-electron chi connectivity index (χ4n) is 0.399. The summed E-state index contributed by atoms with van der Waals surface area (Å²) in [5, 5.41) is 0. The molecule has 0 aliphatic rings. The zero-order chi connectivity index (χ0) is 8.85. The van der Waals surface area contributed by atoms with Crippen molar-refractivity contribution in [3.8, 4) is 0 Å². The van der Waals surface area contributed by atoms with Crippen LogP contribution in [0.3, 0.4) is 0 Å². The molecule has 11 heavy (non-hydrogen) atoms. The summed E-state index contributed by atoms with van der Waals surface area (Å²) < 4.78 is 21.7. The first-order valence-electron chi connectivity index (χ1n) is 2.84. The summed E-state index contributed by atoms with van der Waals surface area (Å²) in [6.07, 6.45) is -0.113. The predicted molar refractivity (Wildman–Crippen MR) is 36.8 cm³/mol. The Bertz CT molecular complexity index is 187. The molecule has 1 N–H and O–H groups in total. The molecule has 0 aromatic rings. The van der Waals surface area contributed by atoms with Gasteiger partial charge in [0.1, 0.15) is 5.78 Å². The lowest BCUT2D eigenvalue weighted by Crippen LogP contribution is -2.07. The van der Waals surface area contributed by atoms with Gasteiger partial charge in [-0.15, -0.1) is 0 Å². The largest absolute Gasteiger partial charge is 0.360 e. The maximum absolute atomic E-state index is 10.4. The zero-order valence-electron chi connectivity index (χ0n) is 5.90. The number of Topliss-reactive ketones (excluding diaryl/α,β-unsaturated/α-hetero) is 1. The summed E-state index contributed by atoms with van der Waals surface area (Å²) in [5.74, 6) is -1.01. The predicted octanol–water partition coefficient (Wildman–Crippen LogP) is 0.0355. The summed E-state index contributed by atoms with van der Waals surface area (Å²) >= 11 is -2.57. The van der Waals surface area contributed by atoms with Gasteiger partial charge in [0, 0.05) is 6.42 Å². The van der Waals surface area contributed by atoms with Crippen molar-refractivity contribution < 1.29 is 22.5 Å². The van der Waals surface area contributed by atoms with Gasteiger partial charge in [0.05, 0.1) is 6.42 Å². The number of ketones is 1. The van der Waals surface area contributed by atoms with Crippen molar-refractivity contribution in [2.24, 2.45) is 0 Å². The fourth-order valence-corrected chi connectivity index (χ4v) is 0.642. The van der Waals surface area contributed by atoms with Gasteiger partial charge >= 0.3 is 17.3 Å². The van der Waals surface area contributed by atoms with E-state index in [2.05, 4.69) is 4.18 Å². The van der Waals surface area contributed by atoms with Crippen LogP contribution in [0, 0.1) is 0 Å². The Morgan fingerprint density at radius 2 is 2.00 bits per heavy atom. The first kappa shape index (κ1) is 10.2. The standard InChI is InChI=1S/C5H8O5S/c1-4(6)2-3-5(7)10-11(8)9/h2-3H2,1H3,(H,8,9). The molecule has 0 heterocycles. The molecule has 0 amide bonds. The average Bonchev–Trinajstić information content (AvgIpc) is 1.82. The molecule has 6 heteroatoms. The smallest absolute Gasteiger partial charge is 0.343 e. The molecule has 0 saturated heterocycles. The highest BCUT2D eigenvalue weighted by Crippen LogP contribution is 1.94. The van der Waals surface area contributed by atoms with Gasteiger partial charge in [0.2, 0.25) is 0 Å². The number of carbonyl (C=O) groups is 2. The maximum Gasteiger partial charge on any atom is 0.360 e. The molecule has 0 saturated carbocycles. The molecule has 0 bridgehead atoms. The van der Waals surface area contributed by atoms with Crippen LogP contribution in [0.2, 0.25) is 0 Å². The van der Waals surface area contributed by atoms with E-state index in [4.69, 9.17) is 4.55 Å². The topological polar surface area (TPSA) is 80.7 Å². The molecule has 0 aromatic carbocycles. The van der Waals surface area contributed by atoms with Gasteiger partial charge in [0.15, 0.2) is 0 Å². The molecule has 0 spiro atoms. The van der Waals surface area contributed by atoms with E-state index in [1.54, 1.807) is 0 Å². The quantitative estimate of drug-likeness (QED) is 0.617. The van der Waals surface area contributed by atoms with Crippen LogP contribution in [0.4, 0.5) is 0 Å². The second-order valence-electron chi connectivity index (χ2n) is 1.87. The van der Waals surface area contributed by atoms with Crippen LogP contribution < -0.4 is 0 Å². The Kier molecular flexibility index (Phi) is 4.64. The minimum absolute atomic E-state index is 0.0377. The zero-order valence-corrected chi connectivity index (χ0v) is 6.72. The summed E-state index contributed by atoms with van der Waals surface area (Å²) in [6, 6.07) is 0. The van der Waals surface area contributed by atoms with Gasteiger partial charge in [-0.3, -0.25) is 9.35 Å². The molecule has 5 nitrogen and oxygen atoms in total. The molecule has 1 unspecified atom stereocenters. The minimum Gasteiger partial charge on any atom is -0.343 e. The highest BCUT2D eigenvalue weighted by molar-refractivity contribution is 7.74. The van der Waals surface area contributed by atoms with Crippen LogP contribution in [0.25, 0.3) is 0 Å². The first-order chi connectivity index (χ1) is 5.02. The summed E-state index contributed by atoms with van der Waals surface area (Å²) in [5.41, 5.74) is 0. The molecule has 0 fully saturated rings. The Balaban J connectivity index is 3.53. The highest BCUT2D eigenvalue weighted by atomic mass is 32.2. The van der Waals surface area contributed by atoms with E-state index in [0.717, 1.165) is 0 Å². The molecule has 0 rings (SSSR count). The summed E-state index contributed by atoms with van der Waals surface area (Å²) in [6.45, 7) is 1.32. The lowest BCUT2D eigenvalue weighted by Gasteiger charge is -1.95. The van der Waals surface area contributed by atoms with Crippen molar-refractivity contribution >= 4 is 23.1 Å². The van der Waals surface area contributed by atoms with Crippen LogP contribution in [-0.2, 0) is 25.1 Å². The molecule has 1 atom stereocenters. The van der Waals surface area contributed by atoms with Crippen LogP contribution in [0.15, 0.2) is 0 Å². The van der Waals surface area contributed by atoms with E-state index in [9.17, 15) is 13.8 Å². The van der Waals surface area contributed by atoms with Gasteiger partial charge in [-0.2, -0.15) is 4.21 Å². The highest BCUT2D eigenvalue weighted by Gasteiger charge is 2.07. The Morgan fingerprint density at radius 3 is 2.36 bits per heavy atom. The van der Waals surface area contributed by atoms with E-state index in [-0.39, 0.29) is 18.6 Å². The lowest BCUT2D eigenvalue weighted by atomic mass is 10.2. The Labute approximate surface area is 66.2 Å². The number of hydrogen-bond acceptors (Lipinski definition) is 4. The molecule has 0 aromatic heterocycles. The lowest BCUT2D eigenvalue weighted by molar-refractivity contribution is -0.135. The summed E-state index contributed by atoms with van der Waals surface area (Å²) in [7, 11) is 0. The maximum atomic E-state index is 10.4. The van der Waals surface area contributed by atoms with Gasteiger partial charge in [-0.25, -0.2) is 0 Å². The van der Waals surface area contributed by atoms with Crippen LogP contribution >= 0.6 is 0 Å². The molecular formula is C5H8O5S. The van der Waals surface area contributed by atoms with Crippen molar-refractivity contribution in [1.29, 1.82) is 0 Å². The van der Waals surface area contributed by atoms with Gasteiger partial charge in [-0.05, 0) is 6.92 Å². The molecule has 0 aliphatic carbocycles. The summed E-state index contributed by atoms with van der Waals surface area (Å²) in [4.78, 5) is 20.7. The number of hydrogen-bond donors (Lipinski definition) is 1. The minimum atomic E-state index is -2.57. The second-order valence-corrected chi connectivity index (χ2v) is 2.48. The molecule has 0 aliphatic heterocycles. The normalized spacial score (nSPS) is 12.2. The van der Waals surface area contributed by atoms with Gasteiger partial charge < -0.3 is 8.98 Å². The Morgan fingerprint density at radius 1 is 1.45 bits per heavy atom. The first-order valence-corrected chi connectivity index (χ1v) is 3.87. The van der Waals surface area contributed by atoms with E-state index in [1.165, 1.54) is 6.92 Å². The average molecular weight is 180 g/mol. The molecular weight excluding hydrogens is 172 g/mol. The fraction of sp³-hybridized carbons (Fsp3) is 0.600. The molecule has 64 valence electrons. The van der Waals surface area contributed by atoms with Crippen LogP contribution in [0.5, 0.6) is 0 Å². The van der Waals surface area contributed by atoms with E-state index in [1.807, 2.05) is 0 Å². The Hall–Kier alpha value is -0.750. The van der Waals surface area contributed by atoms with E-state index >= 15 is 0 Å². The van der Waals surface area contributed by atoms with Crippen molar-refractivity contribution in [2.45, 2.75) is 19.8 Å². The SMILES string of the molecule is CC(=O)CCC(=O)OS(=O)O. The number of carbonyl (C=O) groups excluding carboxylic acids is 2. The van der Waals surface area contributed by atoms with Crippen LogP contribution in [-0.4, -0.2) is 20.5 Å². The third kappa shape index (κ3) is 7.14. The van der Waals surface area contributed by atoms with Crippen LogP contribution in [0.1, 0.15) is 19.8 Å². The monoisotopic (exact) mass is 180 g/mol. The van der Waals surface area contributed by atoms with Crippen molar-refractivity contribution in [3.63, 3.8) is 0 Å². The van der Waals surface area contributed by atoms with Gasteiger partial charge in [0.25, 0.3) is 0 Å². The van der Waals surface area contributed by atoms with Crippen molar-refractivity contribution in [1.82, 2.24) is 0 Å². The number of rotatable bonds is 4. The van der Waals surface area contributed by atoms with Crippen molar-refractivity contribution in [3.05, 3.63) is 0 Å². The van der Waals surface area contributed by atoms with E-state index < -0.39 is 17.3 Å². The third-order valence-electron chi connectivity index (χ3n) is 0.845. The van der Waals surface area contributed by atoms with Gasteiger partial charge in [-0.1, -0.05) is 0 Å². The third-order valence-corrected chi connectivity index (χ3v) is 1.17. The van der Waals surface area contributed by atoms with Crippen molar-refractivity contribution in [2.75, 3.05) is 0 Å². The molecule has 0 radical (unpaired) electrons. The second kappa shape index (κ2) is 4.97. The van der Waals surface area contributed by atoms with E-state index in [0.29, 0.717) is 0 Å².